The van der Waals surface area contributed by atoms with E-state index in [1.54, 1.807) is 7.11 Å². The first kappa shape index (κ1) is 13.9. The van der Waals surface area contributed by atoms with Crippen LogP contribution in [-0.4, -0.2) is 19.5 Å². The molecule has 3 heteroatoms. The largest absolute Gasteiger partial charge is 0.493 e. The lowest BCUT2D eigenvalue weighted by atomic mass is 10.0. The molecular formula is C16H22O3. The molecule has 1 aliphatic carbocycles. The molecule has 0 heterocycles. The van der Waals surface area contributed by atoms with E-state index in [0.717, 1.165) is 24.2 Å². The summed E-state index contributed by atoms with van der Waals surface area (Å²) in [5, 5.41) is 0. The van der Waals surface area contributed by atoms with Crippen molar-refractivity contribution in [2.75, 3.05) is 13.7 Å². The number of methoxy groups -OCH3 is 1. The summed E-state index contributed by atoms with van der Waals surface area (Å²) in [6, 6.07) is 5.82. The first-order chi connectivity index (χ1) is 9.20. The molecule has 2 rings (SSSR count). The van der Waals surface area contributed by atoms with Crippen LogP contribution >= 0.6 is 0 Å². The highest BCUT2D eigenvalue weighted by Crippen LogP contribution is 2.29. The number of benzene rings is 1. The van der Waals surface area contributed by atoms with Gasteiger partial charge in [0.05, 0.1) is 13.7 Å². The van der Waals surface area contributed by atoms with Gasteiger partial charge in [0.2, 0.25) is 0 Å². The Morgan fingerprint density at radius 1 is 1.26 bits per heavy atom. The van der Waals surface area contributed by atoms with Gasteiger partial charge in [-0.05, 0) is 37.5 Å². The molecule has 0 N–H and O–H groups in total. The van der Waals surface area contributed by atoms with Crippen molar-refractivity contribution in [3.8, 4) is 11.5 Å². The number of hydrogen-bond donors (Lipinski definition) is 0. The van der Waals surface area contributed by atoms with Crippen LogP contribution in [-0.2, 0) is 4.79 Å². The molecule has 0 amide bonds. The van der Waals surface area contributed by atoms with Crippen molar-refractivity contribution in [3.63, 3.8) is 0 Å². The molecule has 0 spiro atoms. The topological polar surface area (TPSA) is 35.5 Å². The van der Waals surface area contributed by atoms with Crippen LogP contribution in [0.2, 0.25) is 0 Å². The van der Waals surface area contributed by atoms with Crippen molar-refractivity contribution >= 4 is 5.78 Å². The molecule has 0 atom stereocenters. The second kappa shape index (κ2) is 6.60. The molecule has 19 heavy (non-hydrogen) atoms. The second-order valence-electron chi connectivity index (χ2n) is 5.20. The van der Waals surface area contributed by atoms with Gasteiger partial charge < -0.3 is 9.47 Å². The third-order valence-corrected chi connectivity index (χ3v) is 3.74. The number of ether oxygens (including phenoxy) is 2. The summed E-state index contributed by atoms with van der Waals surface area (Å²) in [5.41, 5.74) is 1.13. The van der Waals surface area contributed by atoms with Crippen LogP contribution in [0.4, 0.5) is 0 Å². The minimum absolute atomic E-state index is 0.281. The zero-order valence-corrected chi connectivity index (χ0v) is 11.8. The van der Waals surface area contributed by atoms with E-state index >= 15 is 0 Å². The molecule has 0 unspecified atom stereocenters. The van der Waals surface area contributed by atoms with E-state index in [4.69, 9.17) is 9.47 Å². The molecule has 3 nitrogen and oxygen atoms in total. The van der Waals surface area contributed by atoms with Crippen LogP contribution < -0.4 is 9.47 Å². The summed E-state index contributed by atoms with van der Waals surface area (Å²) in [7, 11) is 1.63. The minimum atomic E-state index is 0.281. The molecule has 0 aromatic heterocycles. The quantitative estimate of drug-likeness (QED) is 0.786. The number of Topliss-reactive ketones (excluding diaryl/α,β-unsaturated/α-hetero) is 1. The molecule has 0 bridgehead atoms. The molecule has 1 aliphatic rings. The Morgan fingerprint density at radius 2 is 2.00 bits per heavy atom. The van der Waals surface area contributed by atoms with Crippen LogP contribution in [0.5, 0.6) is 11.5 Å². The normalized spacial score (nSPS) is 15.5. The second-order valence-corrected chi connectivity index (χ2v) is 5.20. The molecule has 0 saturated heterocycles. The monoisotopic (exact) mass is 262 g/mol. The van der Waals surface area contributed by atoms with Gasteiger partial charge in [0.25, 0.3) is 0 Å². The maximum atomic E-state index is 11.9. The van der Waals surface area contributed by atoms with Crippen molar-refractivity contribution in [3.05, 3.63) is 23.8 Å². The zero-order valence-electron chi connectivity index (χ0n) is 11.8. The van der Waals surface area contributed by atoms with Gasteiger partial charge in [0, 0.05) is 12.3 Å². The van der Waals surface area contributed by atoms with Crippen LogP contribution in [0.1, 0.15) is 37.7 Å². The summed E-state index contributed by atoms with van der Waals surface area (Å²) in [4.78, 5) is 11.9. The fourth-order valence-electron chi connectivity index (χ4n) is 2.61. The van der Waals surface area contributed by atoms with Gasteiger partial charge in [-0.1, -0.05) is 18.9 Å². The standard InChI is InChI=1S/C16H22O3/c1-12-7-8-15(16(11-12)18-2)19-10-9-14(17)13-5-3-4-6-13/h7-8,11,13H,3-6,9-10H2,1-2H3. The Kier molecular flexibility index (Phi) is 4.83. The van der Waals surface area contributed by atoms with Crippen LogP contribution in [0.3, 0.4) is 0 Å². The lowest BCUT2D eigenvalue weighted by Gasteiger charge is -2.12. The maximum absolute atomic E-state index is 11.9. The van der Waals surface area contributed by atoms with Crippen LogP contribution in [0, 0.1) is 12.8 Å². The molecule has 1 saturated carbocycles. The van der Waals surface area contributed by atoms with Gasteiger partial charge in [-0.2, -0.15) is 0 Å². The lowest BCUT2D eigenvalue weighted by molar-refractivity contribution is -0.123. The SMILES string of the molecule is COc1cc(C)ccc1OCCC(=O)C1CCCC1. The molecule has 1 fully saturated rings. The van der Waals surface area contributed by atoms with Crippen LogP contribution in [0.25, 0.3) is 0 Å². The van der Waals surface area contributed by atoms with E-state index in [9.17, 15) is 4.79 Å². The zero-order chi connectivity index (χ0) is 13.7. The molecule has 0 aliphatic heterocycles. The molecule has 104 valence electrons. The van der Waals surface area contributed by atoms with E-state index in [1.807, 2.05) is 25.1 Å². The van der Waals surface area contributed by atoms with E-state index in [2.05, 4.69) is 0 Å². The number of aryl methyl sites for hydroxylation is 1. The fraction of sp³-hybridized carbons (Fsp3) is 0.562. The summed E-state index contributed by atoms with van der Waals surface area (Å²) >= 11 is 0. The van der Waals surface area contributed by atoms with Gasteiger partial charge in [0.15, 0.2) is 11.5 Å². The highest BCUT2D eigenvalue weighted by atomic mass is 16.5. The van der Waals surface area contributed by atoms with Gasteiger partial charge in [-0.15, -0.1) is 0 Å². The summed E-state index contributed by atoms with van der Waals surface area (Å²) in [5.74, 6) is 2.08. The third kappa shape index (κ3) is 3.72. The van der Waals surface area contributed by atoms with Crippen molar-refractivity contribution in [1.29, 1.82) is 0 Å². The predicted molar refractivity (Wildman–Crippen MR) is 74.8 cm³/mol. The molecule has 0 radical (unpaired) electrons. The Hall–Kier alpha value is -1.51. The Balaban J connectivity index is 1.83. The third-order valence-electron chi connectivity index (χ3n) is 3.74. The van der Waals surface area contributed by atoms with Gasteiger partial charge >= 0.3 is 0 Å². The number of rotatable bonds is 6. The summed E-state index contributed by atoms with van der Waals surface area (Å²) < 4.78 is 10.9. The Labute approximate surface area is 114 Å². The predicted octanol–water partition coefficient (Wildman–Crippen LogP) is 3.53. The van der Waals surface area contributed by atoms with E-state index in [0.29, 0.717) is 24.6 Å². The first-order valence-corrected chi connectivity index (χ1v) is 7.01. The lowest BCUT2D eigenvalue weighted by Crippen LogP contribution is -2.14. The van der Waals surface area contributed by atoms with Crippen molar-refractivity contribution in [2.24, 2.45) is 5.92 Å². The highest BCUT2D eigenvalue weighted by Gasteiger charge is 2.22. The highest BCUT2D eigenvalue weighted by molar-refractivity contribution is 5.81. The van der Waals surface area contributed by atoms with Gasteiger partial charge in [-0.3, -0.25) is 4.79 Å². The number of carbonyl (C=O) groups excluding carboxylic acids is 1. The van der Waals surface area contributed by atoms with E-state index in [1.165, 1.54) is 12.8 Å². The Morgan fingerprint density at radius 3 is 2.68 bits per heavy atom. The molecule has 1 aromatic rings. The minimum Gasteiger partial charge on any atom is -0.493 e. The molecular weight excluding hydrogens is 240 g/mol. The number of hydrogen-bond acceptors (Lipinski definition) is 3. The summed E-state index contributed by atoms with van der Waals surface area (Å²) in [6.45, 7) is 2.45. The smallest absolute Gasteiger partial charge is 0.161 e. The Bertz CT molecular complexity index is 434. The van der Waals surface area contributed by atoms with Crippen molar-refractivity contribution < 1.29 is 14.3 Å². The van der Waals surface area contributed by atoms with Crippen molar-refractivity contribution in [2.45, 2.75) is 39.0 Å². The van der Waals surface area contributed by atoms with Gasteiger partial charge in [0.1, 0.15) is 5.78 Å². The maximum Gasteiger partial charge on any atom is 0.161 e. The number of carbonyl (C=O) groups is 1. The molecule has 1 aromatic carbocycles. The first-order valence-electron chi connectivity index (χ1n) is 7.01. The van der Waals surface area contributed by atoms with E-state index < -0.39 is 0 Å². The van der Waals surface area contributed by atoms with Crippen LogP contribution in [0.15, 0.2) is 18.2 Å². The van der Waals surface area contributed by atoms with Crippen molar-refractivity contribution in [1.82, 2.24) is 0 Å². The average molecular weight is 262 g/mol. The van der Waals surface area contributed by atoms with Gasteiger partial charge in [-0.25, -0.2) is 0 Å². The fourth-order valence-corrected chi connectivity index (χ4v) is 2.61. The number of ketones is 1. The summed E-state index contributed by atoms with van der Waals surface area (Å²) in [6.07, 6.45) is 5.02. The van der Waals surface area contributed by atoms with E-state index in [-0.39, 0.29) is 5.92 Å². The average Bonchev–Trinajstić information content (AvgIpc) is 2.94.